The van der Waals surface area contributed by atoms with Gasteiger partial charge in [0, 0.05) is 13.6 Å². The van der Waals surface area contributed by atoms with Crippen molar-refractivity contribution in [2.75, 3.05) is 7.05 Å². The number of nitrogens with two attached hydrogens (primary N) is 1. The van der Waals surface area contributed by atoms with E-state index in [1.165, 1.54) is 23.9 Å². The van der Waals surface area contributed by atoms with Crippen LogP contribution in [0.4, 0.5) is 0 Å². The molecule has 9 heteroatoms. The number of fused-ring (bicyclic) bond motifs is 1. The number of nitrogens with zero attached hydrogens (tertiary/aromatic N) is 2. The number of carbonyl (C=O) groups is 1. The minimum absolute atomic E-state index is 0.0297. The molecule has 1 unspecified atom stereocenters. The van der Waals surface area contributed by atoms with E-state index in [4.69, 9.17) is 5.14 Å². The highest BCUT2D eigenvalue weighted by Gasteiger charge is 2.19. The Labute approximate surface area is 139 Å². The standard InChI is InChI=1S/C14H20N4O3S2/c1-4-7-18-12-6-5-10(23(15,20)21)8-11(12)17-14(18)22-9(2)13(19)16-3/h5-6,8-9H,4,7H2,1-3H3,(H,16,19)(H2,15,20,21). The van der Waals surface area contributed by atoms with Crippen molar-refractivity contribution in [3.63, 3.8) is 0 Å². The lowest BCUT2D eigenvalue weighted by Gasteiger charge is -2.11. The van der Waals surface area contributed by atoms with Crippen molar-refractivity contribution in [2.45, 2.75) is 42.1 Å². The van der Waals surface area contributed by atoms with Crippen LogP contribution < -0.4 is 10.5 Å². The summed E-state index contributed by atoms with van der Waals surface area (Å²) in [5, 5.41) is 8.16. The van der Waals surface area contributed by atoms with Gasteiger partial charge in [0.2, 0.25) is 15.9 Å². The van der Waals surface area contributed by atoms with Crippen molar-refractivity contribution < 1.29 is 13.2 Å². The Morgan fingerprint density at radius 1 is 1.48 bits per heavy atom. The molecule has 0 aliphatic rings. The first-order valence-electron chi connectivity index (χ1n) is 7.19. The maximum Gasteiger partial charge on any atom is 0.238 e. The van der Waals surface area contributed by atoms with Gasteiger partial charge in [-0.1, -0.05) is 18.7 Å². The van der Waals surface area contributed by atoms with Crippen molar-refractivity contribution in [3.05, 3.63) is 18.2 Å². The molecule has 0 spiro atoms. The number of amides is 1. The van der Waals surface area contributed by atoms with Gasteiger partial charge in [0.15, 0.2) is 5.16 Å². The fourth-order valence-electron chi connectivity index (χ4n) is 2.21. The monoisotopic (exact) mass is 356 g/mol. The number of hydrogen-bond donors (Lipinski definition) is 2. The minimum Gasteiger partial charge on any atom is -0.358 e. The number of primary sulfonamides is 1. The molecular formula is C14H20N4O3S2. The number of hydrogen-bond acceptors (Lipinski definition) is 5. The molecule has 23 heavy (non-hydrogen) atoms. The van der Waals surface area contributed by atoms with E-state index in [0.717, 1.165) is 18.5 Å². The Bertz CT molecular complexity index is 830. The van der Waals surface area contributed by atoms with E-state index < -0.39 is 10.0 Å². The van der Waals surface area contributed by atoms with Crippen LogP contribution in [0, 0.1) is 0 Å². The summed E-state index contributed by atoms with van der Waals surface area (Å²) in [6.45, 7) is 4.57. The number of thioether (sulfide) groups is 1. The van der Waals surface area contributed by atoms with Crippen LogP contribution in [0.3, 0.4) is 0 Å². The molecule has 1 aromatic carbocycles. The maximum atomic E-state index is 11.7. The maximum absolute atomic E-state index is 11.7. The average Bonchev–Trinajstić information content (AvgIpc) is 2.82. The van der Waals surface area contributed by atoms with Crippen molar-refractivity contribution in [1.82, 2.24) is 14.9 Å². The molecule has 126 valence electrons. The average molecular weight is 356 g/mol. The van der Waals surface area contributed by atoms with E-state index in [1.54, 1.807) is 20.0 Å². The molecule has 7 nitrogen and oxygen atoms in total. The van der Waals surface area contributed by atoms with Gasteiger partial charge < -0.3 is 9.88 Å². The predicted octanol–water partition coefficient (Wildman–Crippen LogP) is 1.32. The summed E-state index contributed by atoms with van der Waals surface area (Å²) in [5.41, 5.74) is 1.38. The normalized spacial score (nSPS) is 13.2. The predicted molar refractivity (Wildman–Crippen MR) is 90.8 cm³/mol. The van der Waals surface area contributed by atoms with Gasteiger partial charge in [0.05, 0.1) is 21.2 Å². The molecule has 3 N–H and O–H groups in total. The number of nitrogens with one attached hydrogen (secondary N) is 1. The first-order chi connectivity index (χ1) is 10.8. The van der Waals surface area contributed by atoms with Gasteiger partial charge in [0.25, 0.3) is 0 Å². The Morgan fingerprint density at radius 2 is 2.17 bits per heavy atom. The lowest BCUT2D eigenvalue weighted by atomic mass is 10.3. The fraction of sp³-hybridized carbons (Fsp3) is 0.429. The number of sulfonamides is 1. The molecule has 0 bridgehead atoms. The molecule has 0 fully saturated rings. The second-order valence-corrected chi connectivity index (χ2v) is 7.99. The van der Waals surface area contributed by atoms with Crippen LogP contribution in [0.2, 0.25) is 0 Å². The van der Waals surface area contributed by atoms with E-state index in [2.05, 4.69) is 10.3 Å². The molecule has 0 saturated heterocycles. The highest BCUT2D eigenvalue weighted by atomic mass is 32.2. The highest BCUT2D eigenvalue weighted by Crippen LogP contribution is 2.28. The van der Waals surface area contributed by atoms with Crippen LogP contribution in [0.5, 0.6) is 0 Å². The molecular weight excluding hydrogens is 336 g/mol. The van der Waals surface area contributed by atoms with Crippen LogP contribution in [-0.2, 0) is 21.4 Å². The van der Waals surface area contributed by atoms with Crippen molar-refractivity contribution in [3.8, 4) is 0 Å². The topological polar surface area (TPSA) is 107 Å². The van der Waals surface area contributed by atoms with Gasteiger partial charge in [-0.3, -0.25) is 4.79 Å². The third-order valence-electron chi connectivity index (χ3n) is 3.36. The summed E-state index contributed by atoms with van der Waals surface area (Å²) in [5.74, 6) is -0.0877. The minimum atomic E-state index is -3.77. The number of aryl methyl sites for hydroxylation is 1. The Hall–Kier alpha value is -1.58. The molecule has 0 aliphatic carbocycles. The lowest BCUT2D eigenvalue weighted by molar-refractivity contribution is -0.119. The van der Waals surface area contributed by atoms with Crippen LogP contribution in [-0.4, -0.2) is 36.2 Å². The van der Waals surface area contributed by atoms with Gasteiger partial charge in [0.1, 0.15) is 0 Å². The molecule has 1 heterocycles. The van der Waals surface area contributed by atoms with E-state index in [1.807, 2.05) is 11.5 Å². The molecule has 1 atom stereocenters. The first-order valence-corrected chi connectivity index (χ1v) is 9.61. The van der Waals surface area contributed by atoms with Gasteiger partial charge in [-0.25, -0.2) is 18.5 Å². The molecule has 1 aromatic heterocycles. The number of aromatic nitrogens is 2. The van der Waals surface area contributed by atoms with E-state index in [-0.39, 0.29) is 16.1 Å². The zero-order chi connectivity index (χ0) is 17.2. The molecule has 1 amide bonds. The molecule has 0 saturated carbocycles. The molecule has 2 rings (SSSR count). The van der Waals surface area contributed by atoms with Gasteiger partial charge in [-0.2, -0.15) is 0 Å². The van der Waals surface area contributed by atoms with Crippen molar-refractivity contribution in [1.29, 1.82) is 0 Å². The van der Waals surface area contributed by atoms with Gasteiger partial charge in [-0.05, 0) is 31.5 Å². The number of carbonyl (C=O) groups excluding carboxylic acids is 1. The summed E-state index contributed by atoms with van der Waals surface area (Å²) in [7, 11) is -2.18. The summed E-state index contributed by atoms with van der Waals surface area (Å²) >= 11 is 1.34. The fourth-order valence-corrected chi connectivity index (χ4v) is 3.75. The zero-order valence-corrected chi connectivity index (χ0v) is 14.9. The largest absolute Gasteiger partial charge is 0.358 e. The highest BCUT2D eigenvalue weighted by molar-refractivity contribution is 8.00. The lowest BCUT2D eigenvalue weighted by Crippen LogP contribution is -2.27. The quantitative estimate of drug-likeness (QED) is 0.759. The summed E-state index contributed by atoms with van der Waals surface area (Å²) in [6, 6.07) is 4.64. The third-order valence-corrected chi connectivity index (χ3v) is 5.36. The third kappa shape index (κ3) is 3.85. The van der Waals surface area contributed by atoms with Crippen molar-refractivity contribution >= 4 is 38.7 Å². The number of imidazole rings is 1. The number of rotatable bonds is 6. The van der Waals surface area contributed by atoms with Crippen LogP contribution in [0.25, 0.3) is 11.0 Å². The Kier molecular flexibility index (Phi) is 5.33. The summed E-state index contributed by atoms with van der Waals surface area (Å²) in [4.78, 5) is 16.2. The van der Waals surface area contributed by atoms with Crippen LogP contribution in [0.1, 0.15) is 20.3 Å². The second-order valence-electron chi connectivity index (χ2n) is 5.12. The Morgan fingerprint density at radius 3 is 2.74 bits per heavy atom. The summed E-state index contributed by atoms with van der Waals surface area (Å²) < 4.78 is 25.0. The van der Waals surface area contributed by atoms with E-state index in [9.17, 15) is 13.2 Å². The second kappa shape index (κ2) is 6.90. The number of benzene rings is 1. The molecule has 2 aromatic rings. The smallest absolute Gasteiger partial charge is 0.238 e. The van der Waals surface area contributed by atoms with Crippen LogP contribution in [0.15, 0.2) is 28.3 Å². The summed E-state index contributed by atoms with van der Waals surface area (Å²) in [6.07, 6.45) is 0.893. The molecule has 0 aliphatic heterocycles. The first kappa shape index (κ1) is 17.8. The zero-order valence-electron chi connectivity index (χ0n) is 13.2. The van der Waals surface area contributed by atoms with E-state index in [0.29, 0.717) is 10.7 Å². The van der Waals surface area contributed by atoms with Crippen LogP contribution >= 0.6 is 11.8 Å². The SMILES string of the molecule is CCCn1c(SC(C)C(=O)NC)nc2cc(S(N)(=O)=O)ccc21. The molecule has 0 radical (unpaired) electrons. The van der Waals surface area contributed by atoms with Crippen molar-refractivity contribution in [2.24, 2.45) is 5.14 Å². The van der Waals surface area contributed by atoms with Gasteiger partial charge in [-0.15, -0.1) is 0 Å². The Balaban J connectivity index is 2.51. The van der Waals surface area contributed by atoms with Gasteiger partial charge >= 0.3 is 0 Å². The van der Waals surface area contributed by atoms with E-state index >= 15 is 0 Å².